The number of hydrogen-bond acceptors (Lipinski definition) is 8. The fourth-order valence-corrected chi connectivity index (χ4v) is 4.57. The van der Waals surface area contributed by atoms with E-state index in [1.54, 1.807) is 23.8 Å². The summed E-state index contributed by atoms with van der Waals surface area (Å²) < 4.78 is 37.1. The first kappa shape index (κ1) is 22.9. The summed E-state index contributed by atoms with van der Waals surface area (Å²) >= 11 is 0. The van der Waals surface area contributed by atoms with E-state index in [0.29, 0.717) is 49.8 Å². The molecular weight excluding hydrogens is 448 g/mol. The third-order valence-corrected chi connectivity index (χ3v) is 6.83. The number of carbonyl (C=O) groups excluding carboxylic acids is 1. The van der Waals surface area contributed by atoms with Crippen molar-refractivity contribution in [2.45, 2.75) is 12.8 Å². The van der Waals surface area contributed by atoms with E-state index in [2.05, 4.69) is 20.6 Å². The molecule has 1 fully saturated rings. The number of sulfonamides is 1. The number of carbonyl (C=O) groups is 1. The van der Waals surface area contributed by atoms with Gasteiger partial charge in [-0.3, -0.25) is 4.79 Å². The van der Waals surface area contributed by atoms with Crippen molar-refractivity contribution < 1.29 is 22.7 Å². The lowest BCUT2D eigenvalue weighted by atomic mass is 9.97. The largest absolute Gasteiger partial charge is 0.497 e. The number of piperidine rings is 1. The van der Waals surface area contributed by atoms with Crippen molar-refractivity contribution in [1.29, 1.82) is 0 Å². The van der Waals surface area contributed by atoms with Crippen LogP contribution in [-0.4, -0.2) is 78.0 Å². The Kier molecular flexibility index (Phi) is 6.75. The van der Waals surface area contributed by atoms with Crippen LogP contribution in [0.3, 0.4) is 0 Å². The number of rotatable bonds is 8. The van der Waals surface area contributed by atoms with Gasteiger partial charge in [-0.25, -0.2) is 12.7 Å². The Bertz CT molecular complexity index is 1220. The van der Waals surface area contributed by atoms with Gasteiger partial charge in [0.2, 0.25) is 21.8 Å². The van der Waals surface area contributed by atoms with Gasteiger partial charge in [0.1, 0.15) is 12.4 Å². The van der Waals surface area contributed by atoms with E-state index < -0.39 is 10.0 Å². The third kappa shape index (κ3) is 5.40. The molecule has 1 aromatic carbocycles. The fraction of sp³-hybridized carbons (Fsp3) is 0.429. The first-order valence-electron chi connectivity index (χ1n) is 10.6. The molecule has 1 N–H and O–H groups in total. The number of ether oxygens (including phenoxy) is 2. The summed E-state index contributed by atoms with van der Waals surface area (Å²) in [6.07, 6.45) is 2.22. The molecule has 1 aliphatic heterocycles. The van der Waals surface area contributed by atoms with Gasteiger partial charge in [-0.05, 0) is 43.2 Å². The van der Waals surface area contributed by atoms with Crippen LogP contribution in [0.5, 0.6) is 11.6 Å². The molecule has 1 saturated heterocycles. The van der Waals surface area contributed by atoms with Crippen molar-refractivity contribution in [3.8, 4) is 23.0 Å². The van der Waals surface area contributed by atoms with Gasteiger partial charge in [-0.1, -0.05) is 0 Å². The maximum absolute atomic E-state index is 12.4. The first-order valence-corrected chi connectivity index (χ1v) is 12.4. The molecule has 0 radical (unpaired) electrons. The highest BCUT2D eigenvalue weighted by molar-refractivity contribution is 7.88. The monoisotopic (exact) mass is 474 g/mol. The standard InChI is InChI=1S/C21H26N6O5S/c1-31-17-5-3-15(4-6-17)20-24-23-18-7-8-19(25-27(18)20)32-14-11-22-21(28)16-9-12-26(13-10-16)33(2,29)30/h3-8,16H,9-14H2,1-2H3,(H,22,28). The molecule has 176 valence electrons. The molecule has 1 aliphatic rings. The second-order valence-corrected chi connectivity index (χ2v) is 9.75. The number of methoxy groups -OCH3 is 1. The molecule has 0 atom stereocenters. The minimum atomic E-state index is -3.20. The van der Waals surface area contributed by atoms with E-state index in [9.17, 15) is 13.2 Å². The number of hydrogen-bond donors (Lipinski definition) is 1. The predicted molar refractivity (Wildman–Crippen MR) is 120 cm³/mol. The molecule has 11 nitrogen and oxygen atoms in total. The lowest BCUT2D eigenvalue weighted by molar-refractivity contribution is -0.126. The van der Waals surface area contributed by atoms with Crippen LogP contribution in [0.15, 0.2) is 36.4 Å². The minimum Gasteiger partial charge on any atom is -0.497 e. The average molecular weight is 475 g/mol. The lowest BCUT2D eigenvalue weighted by Gasteiger charge is -2.29. The fourth-order valence-electron chi connectivity index (χ4n) is 3.69. The molecule has 2 aromatic heterocycles. The van der Waals surface area contributed by atoms with E-state index in [1.165, 1.54) is 10.6 Å². The van der Waals surface area contributed by atoms with Crippen LogP contribution in [0.25, 0.3) is 17.0 Å². The van der Waals surface area contributed by atoms with Gasteiger partial charge < -0.3 is 14.8 Å². The highest BCUT2D eigenvalue weighted by atomic mass is 32.2. The van der Waals surface area contributed by atoms with Crippen LogP contribution in [0.4, 0.5) is 0 Å². The Morgan fingerprint density at radius 2 is 1.85 bits per heavy atom. The summed E-state index contributed by atoms with van der Waals surface area (Å²) in [5.74, 6) is 1.42. The summed E-state index contributed by atoms with van der Waals surface area (Å²) in [5, 5.41) is 15.7. The lowest BCUT2D eigenvalue weighted by Crippen LogP contribution is -2.43. The average Bonchev–Trinajstić information content (AvgIpc) is 3.24. The number of amides is 1. The third-order valence-electron chi connectivity index (χ3n) is 5.53. The maximum atomic E-state index is 12.4. The van der Waals surface area contributed by atoms with E-state index in [4.69, 9.17) is 9.47 Å². The van der Waals surface area contributed by atoms with Gasteiger partial charge in [0.25, 0.3) is 0 Å². The SMILES string of the molecule is COc1ccc(-c2nnc3ccc(OCCNC(=O)C4CCN(S(C)(=O)=O)CC4)nn23)cc1. The Labute approximate surface area is 191 Å². The molecule has 12 heteroatoms. The van der Waals surface area contributed by atoms with Crippen LogP contribution in [-0.2, 0) is 14.8 Å². The van der Waals surface area contributed by atoms with Crippen LogP contribution >= 0.6 is 0 Å². The number of benzene rings is 1. The molecule has 4 rings (SSSR count). The molecule has 1 amide bonds. The molecule has 0 saturated carbocycles. The highest BCUT2D eigenvalue weighted by Crippen LogP contribution is 2.22. The summed E-state index contributed by atoms with van der Waals surface area (Å²) in [4.78, 5) is 12.4. The Morgan fingerprint density at radius 1 is 1.12 bits per heavy atom. The van der Waals surface area contributed by atoms with E-state index in [1.807, 2.05) is 24.3 Å². The van der Waals surface area contributed by atoms with Crippen molar-refractivity contribution in [2.24, 2.45) is 5.92 Å². The molecule has 0 spiro atoms. The summed E-state index contributed by atoms with van der Waals surface area (Å²) in [6, 6.07) is 10.9. The quantitative estimate of drug-likeness (QED) is 0.478. The predicted octanol–water partition coefficient (Wildman–Crippen LogP) is 0.967. The van der Waals surface area contributed by atoms with Gasteiger partial charge in [0, 0.05) is 30.6 Å². The minimum absolute atomic E-state index is 0.0873. The maximum Gasteiger partial charge on any atom is 0.231 e. The number of nitrogens with one attached hydrogen (secondary N) is 1. The van der Waals surface area contributed by atoms with E-state index >= 15 is 0 Å². The normalized spacial score (nSPS) is 15.5. The summed E-state index contributed by atoms with van der Waals surface area (Å²) in [6.45, 7) is 1.30. The number of aromatic nitrogens is 4. The van der Waals surface area contributed by atoms with E-state index in [-0.39, 0.29) is 18.4 Å². The molecule has 0 unspecified atom stereocenters. The molecule has 3 aromatic rings. The Balaban J connectivity index is 1.30. The molecule has 3 heterocycles. The summed E-state index contributed by atoms with van der Waals surface area (Å²) in [5.41, 5.74) is 1.42. The van der Waals surface area contributed by atoms with Crippen LogP contribution in [0.2, 0.25) is 0 Å². The van der Waals surface area contributed by atoms with Gasteiger partial charge in [0.15, 0.2) is 11.5 Å². The Morgan fingerprint density at radius 3 is 2.52 bits per heavy atom. The van der Waals surface area contributed by atoms with Crippen LogP contribution in [0, 0.1) is 5.92 Å². The van der Waals surface area contributed by atoms with Crippen molar-refractivity contribution in [2.75, 3.05) is 39.6 Å². The first-order chi connectivity index (χ1) is 15.8. The molecule has 0 aliphatic carbocycles. The Hall–Kier alpha value is -3.25. The summed E-state index contributed by atoms with van der Waals surface area (Å²) in [7, 11) is -1.60. The zero-order chi connectivity index (χ0) is 23.4. The highest BCUT2D eigenvalue weighted by Gasteiger charge is 2.28. The van der Waals surface area contributed by atoms with Crippen molar-refractivity contribution in [3.05, 3.63) is 36.4 Å². The zero-order valence-electron chi connectivity index (χ0n) is 18.5. The van der Waals surface area contributed by atoms with Gasteiger partial charge >= 0.3 is 0 Å². The van der Waals surface area contributed by atoms with Gasteiger partial charge in [0.05, 0.1) is 19.9 Å². The zero-order valence-corrected chi connectivity index (χ0v) is 19.3. The van der Waals surface area contributed by atoms with Crippen molar-refractivity contribution in [1.82, 2.24) is 29.4 Å². The molecule has 33 heavy (non-hydrogen) atoms. The molecular formula is C21H26N6O5S. The number of nitrogens with zero attached hydrogens (tertiary/aromatic N) is 5. The van der Waals surface area contributed by atoms with Gasteiger partial charge in [-0.2, -0.15) is 4.52 Å². The molecule has 0 bridgehead atoms. The van der Waals surface area contributed by atoms with Gasteiger partial charge in [-0.15, -0.1) is 15.3 Å². The van der Waals surface area contributed by atoms with Crippen molar-refractivity contribution in [3.63, 3.8) is 0 Å². The van der Waals surface area contributed by atoms with Crippen molar-refractivity contribution >= 4 is 21.6 Å². The van der Waals surface area contributed by atoms with Crippen LogP contribution in [0.1, 0.15) is 12.8 Å². The second kappa shape index (κ2) is 9.71. The second-order valence-electron chi connectivity index (χ2n) is 7.77. The van der Waals surface area contributed by atoms with E-state index in [0.717, 1.165) is 11.3 Å². The number of fused-ring (bicyclic) bond motifs is 1. The van der Waals surface area contributed by atoms with Crippen LogP contribution < -0.4 is 14.8 Å². The topological polar surface area (TPSA) is 128 Å². The smallest absolute Gasteiger partial charge is 0.231 e.